The quantitative estimate of drug-likeness (QED) is 0.158. The van der Waals surface area contributed by atoms with Crippen LogP contribution in [0.1, 0.15) is 89.1 Å². The molecule has 5 rings (SSSR count). The summed E-state index contributed by atoms with van der Waals surface area (Å²) < 4.78 is 21.5. The van der Waals surface area contributed by atoms with Gasteiger partial charge in [0.2, 0.25) is 17.7 Å². The average molecular weight is 848 g/mol. The predicted octanol–water partition coefficient (Wildman–Crippen LogP) is 3.77. The maximum atomic E-state index is 13.9. The molecule has 3 saturated heterocycles. The third kappa shape index (κ3) is 12.8. The van der Waals surface area contributed by atoms with Crippen molar-refractivity contribution in [3.8, 4) is 0 Å². The van der Waals surface area contributed by atoms with E-state index in [0.717, 1.165) is 0 Å². The average Bonchev–Trinajstić information content (AvgIpc) is 3.90. The molecule has 2 N–H and O–H groups in total. The molecule has 0 saturated carbocycles. The minimum Gasteiger partial charge on any atom is -0.461 e. The molecular formula is C44H57N5O12. The highest BCUT2D eigenvalue weighted by Gasteiger charge is 2.44. The van der Waals surface area contributed by atoms with Crippen molar-refractivity contribution < 1.29 is 57.3 Å². The Kier molecular flexibility index (Phi) is 15.9. The number of esters is 2. The number of carbonyl (C=O) groups is 8. The standard InChI is InChI=1S/C44H57N5O12/c1-28-23-35(41(55)58-26-32(46-42(56)60-25-30-15-8-6-9-16-30)40(54)59-27-36(50)31-17-10-7-11-18-31)49(24-28)38(52)29(2)45-37(51)33-19-12-13-21-47(33)39(53)34-20-14-22-48(34)43(57)61-44(3,4)5/h6-11,15-18,28-29,32-35H,12-14,19-27H2,1-5H3,(H,45,51)(H,46,56)/t28-,29+,32+,33+,34+,35+/m1/s1. The van der Waals surface area contributed by atoms with Crippen LogP contribution in [-0.4, -0.2) is 131 Å². The molecule has 0 aliphatic carbocycles. The first kappa shape index (κ1) is 46.1. The highest BCUT2D eigenvalue weighted by molar-refractivity contribution is 5.98. The molecule has 3 fully saturated rings. The summed E-state index contributed by atoms with van der Waals surface area (Å²) in [6, 6.07) is 11.6. The van der Waals surface area contributed by atoms with Crippen molar-refractivity contribution >= 4 is 47.6 Å². The van der Waals surface area contributed by atoms with Gasteiger partial charge < -0.3 is 39.4 Å². The summed E-state index contributed by atoms with van der Waals surface area (Å²) in [5.41, 5.74) is 0.242. The normalized spacial score (nSPS) is 21.1. The Morgan fingerprint density at radius 2 is 1.41 bits per heavy atom. The second kappa shape index (κ2) is 21.0. The zero-order valence-electron chi connectivity index (χ0n) is 35.5. The first-order valence-electron chi connectivity index (χ1n) is 20.8. The summed E-state index contributed by atoms with van der Waals surface area (Å²) in [6.07, 6.45) is 1.40. The fraction of sp³-hybridized carbons (Fsp3) is 0.545. The van der Waals surface area contributed by atoms with Crippen LogP contribution in [0.15, 0.2) is 60.7 Å². The first-order chi connectivity index (χ1) is 29.0. The zero-order valence-corrected chi connectivity index (χ0v) is 35.5. The van der Waals surface area contributed by atoms with E-state index in [4.69, 9.17) is 18.9 Å². The van der Waals surface area contributed by atoms with Crippen molar-refractivity contribution in [2.24, 2.45) is 5.92 Å². The SMILES string of the molecule is C[C@@H]1C[C@@H](C(=O)OC[C@H](NC(=O)OCc2ccccc2)C(=O)OCC(=O)c2ccccc2)N(C(=O)[C@H](C)NC(=O)[C@@H]2CCCCN2C(=O)[C@@H]2CCCN2C(=O)OC(C)(C)C)C1. The molecule has 0 bridgehead atoms. The topological polar surface area (TPSA) is 207 Å². The molecule has 61 heavy (non-hydrogen) atoms. The zero-order chi connectivity index (χ0) is 44.3. The molecule has 2 aromatic rings. The van der Waals surface area contributed by atoms with E-state index in [9.17, 15) is 38.4 Å². The summed E-state index contributed by atoms with van der Waals surface area (Å²) in [5, 5.41) is 5.11. The summed E-state index contributed by atoms with van der Waals surface area (Å²) >= 11 is 0. The van der Waals surface area contributed by atoms with Crippen LogP contribution in [0.5, 0.6) is 0 Å². The molecule has 17 heteroatoms. The van der Waals surface area contributed by atoms with Crippen LogP contribution in [-0.2, 0) is 49.5 Å². The minimum absolute atomic E-state index is 0.116. The van der Waals surface area contributed by atoms with Gasteiger partial charge in [0.15, 0.2) is 18.4 Å². The maximum Gasteiger partial charge on any atom is 0.410 e. The Morgan fingerprint density at radius 3 is 2.10 bits per heavy atom. The minimum atomic E-state index is -1.57. The molecular weight excluding hydrogens is 791 g/mol. The molecule has 0 radical (unpaired) electrons. The molecule has 5 amide bonds. The summed E-state index contributed by atoms with van der Waals surface area (Å²) in [6.45, 7) is 7.98. The summed E-state index contributed by atoms with van der Waals surface area (Å²) in [5.74, 6) is -3.97. The number of ketones is 1. The number of alkyl carbamates (subject to hydrolysis) is 1. The third-order valence-corrected chi connectivity index (χ3v) is 10.7. The summed E-state index contributed by atoms with van der Waals surface area (Å²) in [4.78, 5) is 111. The van der Waals surface area contributed by atoms with Gasteiger partial charge in [0, 0.05) is 25.2 Å². The Labute approximate surface area is 355 Å². The number of nitrogens with one attached hydrogen (secondary N) is 2. The van der Waals surface area contributed by atoms with Crippen LogP contribution in [0.2, 0.25) is 0 Å². The summed E-state index contributed by atoms with van der Waals surface area (Å²) in [7, 11) is 0. The molecule has 0 aromatic heterocycles. The smallest absolute Gasteiger partial charge is 0.410 e. The van der Waals surface area contributed by atoms with Crippen LogP contribution < -0.4 is 10.6 Å². The van der Waals surface area contributed by atoms with E-state index >= 15 is 0 Å². The first-order valence-corrected chi connectivity index (χ1v) is 20.8. The van der Waals surface area contributed by atoms with Gasteiger partial charge in [-0.3, -0.25) is 24.1 Å². The van der Waals surface area contributed by atoms with Crippen molar-refractivity contribution in [2.75, 3.05) is 32.8 Å². The highest BCUT2D eigenvalue weighted by Crippen LogP contribution is 2.28. The molecule has 3 heterocycles. The fourth-order valence-electron chi connectivity index (χ4n) is 7.64. The van der Waals surface area contributed by atoms with Crippen LogP contribution >= 0.6 is 0 Å². The lowest BCUT2D eigenvalue weighted by Crippen LogP contribution is -2.59. The number of hydrogen-bond donors (Lipinski definition) is 2. The molecule has 6 atom stereocenters. The van der Waals surface area contributed by atoms with Crippen LogP contribution in [0.4, 0.5) is 9.59 Å². The lowest BCUT2D eigenvalue weighted by atomic mass is 9.99. The number of nitrogens with zero attached hydrogens (tertiary/aromatic N) is 3. The Hall–Kier alpha value is -6.00. The van der Waals surface area contributed by atoms with Crippen molar-refractivity contribution in [3.63, 3.8) is 0 Å². The van der Waals surface area contributed by atoms with E-state index in [1.165, 1.54) is 21.6 Å². The van der Waals surface area contributed by atoms with E-state index in [1.807, 2.05) is 6.92 Å². The lowest BCUT2D eigenvalue weighted by Gasteiger charge is -2.38. The molecule has 3 aliphatic rings. The van der Waals surface area contributed by atoms with E-state index in [1.54, 1.807) is 81.4 Å². The Balaban J connectivity index is 1.20. The van der Waals surface area contributed by atoms with E-state index in [-0.39, 0.29) is 31.4 Å². The molecule has 330 valence electrons. The number of carbonyl (C=O) groups excluding carboxylic acids is 8. The molecule has 2 aromatic carbocycles. The second-order valence-corrected chi connectivity index (χ2v) is 16.7. The monoisotopic (exact) mass is 847 g/mol. The number of hydrogen-bond acceptors (Lipinski definition) is 12. The molecule has 3 aliphatic heterocycles. The third-order valence-electron chi connectivity index (χ3n) is 10.7. The van der Waals surface area contributed by atoms with Crippen LogP contribution in [0, 0.1) is 5.92 Å². The number of Topliss-reactive ketones (excluding diaryl/α,β-unsaturated/α-hetero) is 1. The van der Waals surface area contributed by atoms with Gasteiger partial charge >= 0.3 is 24.1 Å². The van der Waals surface area contributed by atoms with Gasteiger partial charge in [-0.1, -0.05) is 67.6 Å². The maximum absolute atomic E-state index is 13.9. The van der Waals surface area contributed by atoms with E-state index in [0.29, 0.717) is 56.3 Å². The highest BCUT2D eigenvalue weighted by atomic mass is 16.6. The number of ether oxygens (including phenoxy) is 4. The van der Waals surface area contributed by atoms with Crippen LogP contribution in [0.3, 0.4) is 0 Å². The number of amides is 5. The van der Waals surface area contributed by atoms with Crippen LogP contribution in [0.25, 0.3) is 0 Å². The Morgan fingerprint density at radius 1 is 0.754 bits per heavy atom. The molecule has 0 spiro atoms. The van der Waals surface area contributed by atoms with Gasteiger partial charge in [-0.05, 0) is 77.7 Å². The lowest BCUT2D eigenvalue weighted by molar-refractivity contribution is -0.157. The van der Waals surface area contributed by atoms with Crippen molar-refractivity contribution in [2.45, 2.75) is 116 Å². The van der Waals surface area contributed by atoms with Gasteiger partial charge in [-0.15, -0.1) is 0 Å². The number of benzene rings is 2. The number of piperidine rings is 1. The van der Waals surface area contributed by atoms with Gasteiger partial charge in [-0.2, -0.15) is 0 Å². The van der Waals surface area contributed by atoms with Gasteiger partial charge in [0.1, 0.15) is 43.0 Å². The van der Waals surface area contributed by atoms with Crippen molar-refractivity contribution in [1.29, 1.82) is 0 Å². The number of likely N-dealkylation sites (tertiary alicyclic amines) is 3. The van der Waals surface area contributed by atoms with Gasteiger partial charge in [0.25, 0.3) is 0 Å². The van der Waals surface area contributed by atoms with Crippen molar-refractivity contribution in [3.05, 3.63) is 71.8 Å². The molecule has 0 unspecified atom stereocenters. The number of rotatable bonds is 14. The van der Waals surface area contributed by atoms with Gasteiger partial charge in [0.05, 0.1) is 0 Å². The fourth-order valence-corrected chi connectivity index (χ4v) is 7.64. The van der Waals surface area contributed by atoms with E-state index < -0.39 is 90.7 Å². The predicted molar refractivity (Wildman–Crippen MR) is 218 cm³/mol. The van der Waals surface area contributed by atoms with Gasteiger partial charge in [-0.25, -0.2) is 19.2 Å². The second-order valence-electron chi connectivity index (χ2n) is 16.7. The molecule has 17 nitrogen and oxygen atoms in total. The largest absolute Gasteiger partial charge is 0.461 e. The van der Waals surface area contributed by atoms with E-state index in [2.05, 4.69) is 10.6 Å². The van der Waals surface area contributed by atoms with Crippen molar-refractivity contribution in [1.82, 2.24) is 25.3 Å². The Bertz CT molecular complexity index is 1900.